The molecule has 1 aromatic heterocycles. The second-order valence-electron chi connectivity index (χ2n) is 5.73. The van der Waals surface area contributed by atoms with Crippen molar-refractivity contribution in [2.75, 3.05) is 38.1 Å². The standard InChI is InChI=1S/C17H22N4O/c1-20-9-2-10-21(12-11-20)17-16(18-7-8-19-17)15-5-3-14(13-22)4-6-15/h3-8,22H,2,9-13H2,1H3. The lowest BCUT2D eigenvalue weighted by Crippen LogP contribution is -2.30. The molecule has 2 aromatic rings. The van der Waals surface area contributed by atoms with Crippen molar-refractivity contribution in [1.29, 1.82) is 0 Å². The van der Waals surface area contributed by atoms with E-state index in [1.54, 1.807) is 12.4 Å². The third kappa shape index (κ3) is 3.26. The maximum Gasteiger partial charge on any atom is 0.155 e. The van der Waals surface area contributed by atoms with Crippen molar-refractivity contribution in [3.05, 3.63) is 42.2 Å². The van der Waals surface area contributed by atoms with Crippen molar-refractivity contribution in [2.24, 2.45) is 0 Å². The fourth-order valence-electron chi connectivity index (χ4n) is 2.79. The van der Waals surface area contributed by atoms with Crippen LogP contribution >= 0.6 is 0 Å². The number of aromatic nitrogens is 2. The van der Waals surface area contributed by atoms with Crippen LogP contribution in [0.4, 0.5) is 5.82 Å². The summed E-state index contributed by atoms with van der Waals surface area (Å²) in [7, 11) is 2.16. The Labute approximate surface area is 131 Å². The van der Waals surface area contributed by atoms with Crippen LogP contribution in [0.2, 0.25) is 0 Å². The number of hydrogen-bond donors (Lipinski definition) is 1. The Morgan fingerprint density at radius 3 is 2.55 bits per heavy atom. The van der Waals surface area contributed by atoms with Crippen LogP contribution in [0, 0.1) is 0 Å². The van der Waals surface area contributed by atoms with Gasteiger partial charge in [-0.3, -0.25) is 4.98 Å². The van der Waals surface area contributed by atoms with Gasteiger partial charge in [0.05, 0.1) is 6.61 Å². The fraction of sp³-hybridized carbons (Fsp3) is 0.412. The molecule has 116 valence electrons. The van der Waals surface area contributed by atoms with Crippen LogP contribution in [0.3, 0.4) is 0 Å². The SMILES string of the molecule is CN1CCCN(c2nccnc2-c2ccc(CO)cc2)CC1. The second kappa shape index (κ2) is 6.85. The molecule has 1 aliphatic rings. The first-order valence-corrected chi connectivity index (χ1v) is 7.72. The molecular weight excluding hydrogens is 276 g/mol. The molecule has 1 aromatic carbocycles. The Hall–Kier alpha value is -1.98. The molecule has 0 amide bonds. The first-order valence-electron chi connectivity index (χ1n) is 7.72. The molecule has 1 N–H and O–H groups in total. The van der Waals surface area contributed by atoms with Crippen LogP contribution in [0.5, 0.6) is 0 Å². The van der Waals surface area contributed by atoms with Gasteiger partial charge in [-0.1, -0.05) is 24.3 Å². The van der Waals surface area contributed by atoms with Crippen LogP contribution in [0.25, 0.3) is 11.3 Å². The molecule has 1 aliphatic heterocycles. The first kappa shape index (κ1) is 14.9. The molecule has 1 fully saturated rings. The minimum atomic E-state index is 0.0616. The predicted octanol–water partition coefficient (Wildman–Crippen LogP) is 1.78. The second-order valence-corrected chi connectivity index (χ2v) is 5.73. The van der Waals surface area contributed by atoms with E-state index in [0.29, 0.717) is 0 Å². The molecule has 3 rings (SSSR count). The number of rotatable bonds is 3. The average Bonchev–Trinajstić information content (AvgIpc) is 2.79. The van der Waals surface area contributed by atoms with E-state index in [2.05, 4.69) is 26.8 Å². The van der Waals surface area contributed by atoms with Crippen molar-refractivity contribution in [1.82, 2.24) is 14.9 Å². The van der Waals surface area contributed by atoms with Crippen LogP contribution < -0.4 is 4.90 Å². The van der Waals surface area contributed by atoms with E-state index in [0.717, 1.165) is 55.2 Å². The Morgan fingerprint density at radius 2 is 1.77 bits per heavy atom. The normalized spacial score (nSPS) is 16.5. The quantitative estimate of drug-likeness (QED) is 0.936. The summed E-state index contributed by atoms with van der Waals surface area (Å²) in [6.45, 7) is 4.20. The smallest absolute Gasteiger partial charge is 0.155 e. The Bertz CT molecular complexity index is 614. The summed E-state index contributed by atoms with van der Waals surface area (Å²) >= 11 is 0. The lowest BCUT2D eigenvalue weighted by Gasteiger charge is -2.23. The van der Waals surface area contributed by atoms with Gasteiger partial charge in [-0.2, -0.15) is 0 Å². The Morgan fingerprint density at radius 1 is 1.00 bits per heavy atom. The van der Waals surface area contributed by atoms with Gasteiger partial charge < -0.3 is 14.9 Å². The summed E-state index contributed by atoms with van der Waals surface area (Å²) in [6, 6.07) is 7.88. The summed E-state index contributed by atoms with van der Waals surface area (Å²) in [5.74, 6) is 0.953. The van der Waals surface area contributed by atoms with Gasteiger partial charge in [-0.15, -0.1) is 0 Å². The van der Waals surface area contributed by atoms with E-state index < -0.39 is 0 Å². The van der Waals surface area contributed by atoms with Gasteiger partial charge in [0.2, 0.25) is 0 Å². The molecule has 1 saturated heterocycles. The van der Waals surface area contributed by atoms with Gasteiger partial charge in [0.25, 0.3) is 0 Å². The minimum Gasteiger partial charge on any atom is -0.392 e. The molecule has 0 bridgehead atoms. The number of likely N-dealkylation sites (N-methyl/N-ethyl adjacent to an activating group) is 1. The van der Waals surface area contributed by atoms with Crippen molar-refractivity contribution >= 4 is 5.82 Å². The predicted molar refractivity (Wildman–Crippen MR) is 87.7 cm³/mol. The van der Waals surface area contributed by atoms with Crippen LogP contribution in [-0.4, -0.2) is 53.2 Å². The lowest BCUT2D eigenvalue weighted by molar-refractivity contribution is 0.282. The molecule has 0 spiro atoms. The summed E-state index contributed by atoms with van der Waals surface area (Å²) in [5, 5.41) is 9.17. The van der Waals surface area contributed by atoms with E-state index in [4.69, 9.17) is 0 Å². The minimum absolute atomic E-state index is 0.0616. The van der Waals surface area contributed by atoms with Crippen molar-refractivity contribution < 1.29 is 5.11 Å². The summed E-state index contributed by atoms with van der Waals surface area (Å²) in [4.78, 5) is 13.8. The number of nitrogens with zero attached hydrogens (tertiary/aromatic N) is 4. The number of anilines is 1. The highest BCUT2D eigenvalue weighted by molar-refractivity contribution is 5.72. The maximum atomic E-state index is 9.17. The zero-order valence-electron chi connectivity index (χ0n) is 12.9. The van der Waals surface area contributed by atoms with E-state index in [1.165, 1.54) is 0 Å². The number of aliphatic hydroxyl groups excluding tert-OH is 1. The lowest BCUT2D eigenvalue weighted by atomic mass is 10.1. The monoisotopic (exact) mass is 298 g/mol. The van der Waals surface area contributed by atoms with Gasteiger partial charge in [0, 0.05) is 37.6 Å². The van der Waals surface area contributed by atoms with Gasteiger partial charge in [-0.05, 0) is 25.6 Å². The zero-order chi connectivity index (χ0) is 15.4. The van der Waals surface area contributed by atoms with E-state index in [-0.39, 0.29) is 6.61 Å². The maximum absolute atomic E-state index is 9.17. The topological polar surface area (TPSA) is 52.5 Å². The number of hydrogen-bond acceptors (Lipinski definition) is 5. The van der Waals surface area contributed by atoms with E-state index >= 15 is 0 Å². The molecule has 5 nitrogen and oxygen atoms in total. The van der Waals surface area contributed by atoms with Crippen molar-refractivity contribution in [3.63, 3.8) is 0 Å². The first-order chi connectivity index (χ1) is 10.8. The molecule has 0 radical (unpaired) electrons. The average molecular weight is 298 g/mol. The Balaban J connectivity index is 1.91. The van der Waals surface area contributed by atoms with Gasteiger partial charge in [-0.25, -0.2) is 4.98 Å². The summed E-state index contributed by atoms with van der Waals surface area (Å²) < 4.78 is 0. The molecule has 0 atom stereocenters. The highest BCUT2D eigenvalue weighted by Crippen LogP contribution is 2.27. The molecule has 0 saturated carbocycles. The van der Waals surface area contributed by atoms with Crippen LogP contribution in [0.15, 0.2) is 36.7 Å². The van der Waals surface area contributed by atoms with Gasteiger partial charge in [0.15, 0.2) is 5.82 Å². The highest BCUT2D eigenvalue weighted by atomic mass is 16.3. The van der Waals surface area contributed by atoms with Crippen molar-refractivity contribution in [2.45, 2.75) is 13.0 Å². The molecule has 22 heavy (non-hydrogen) atoms. The Kier molecular flexibility index (Phi) is 4.65. The third-order valence-electron chi connectivity index (χ3n) is 4.11. The van der Waals surface area contributed by atoms with E-state index in [9.17, 15) is 5.11 Å². The largest absolute Gasteiger partial charge is 0.392 e. The number of benzene rings is 1. The number of aliphatic hydroxyl groups is 1. The van der Waals surface area contributed by atoms with Crippen molar-refractivity contribution in [3.8, 4) is 11.3 Å². The third-order valence-corrected chi connectivity index (χ3v) is 4.11. The van der Waals surface area contributed by atoms with Gasteiger partial charge in [0.1, 0.15) is 5.69 Å². The zero-order valence-corrected chi connectivity index (χ0v) is 12.9. The molecule has 2 heterocycles. The van der Waals surface area contributed by atoms with Crippen LogP contribution in [0.1, 0.15) is 12.0 Å². The fourth-order valence-corrected chi connectivity index (χ4v) is 2.79. The molecule has 0 unspecified atom stereocenters. The molecule has 0 aliphatic carbocycles. The van der Waals surface area contributed by atoms with E-state index in [1.807, 2.05) is 24.3 Å². The summed E-state index contributed by atoms with van der Waals surface area (Å²) in [5.41, 5.74) is 2.86. The molecule has 5 heteroatoms. The molecular formula is C17H22N4O. The van der Waals surface area contributed by atoms with Gasteiger partial charge >= 0.3 is 0 Å². The summed E-state index contributed by atoms with van der Waals surface area (Å²) in [6.07, 6.45) is 4.63. The van der Waals surface area contributed by atoms with Crippen LogP contribution in [-0.2, 0) is 6.61 Å². The highest BCUT2D eigenvalue weighted by Gasteiger charge is 2.18.